The monoisotopic (exact) mass is 294 g/mol. The standard InChI is InChI=1S/C15H22N2O2S/c1-11(2)19-14-9-12(5-7-16-14)10-17(13-3-4-13)15(18)6-8-20/h5,7,9,11,13,20H,3-4,6,8,10H2,1-2H3. The molecule has 2 rings (SSSR count). The van der Waals surface area contributed by atoms with Crippen molar-refractivity contribution >= 4 is 18.5 Å². The molecule has 5 heteroatoms. The van der Waals surface area contributed by atoms with Gasteiger partial charge in [0.2, 0.25) is 11.8 Å². The third-order valence-corrected chi connectivity index (χ3v) is 3.37. The van der Waals surface area contributed by atoms with Gasteiger partial charge in [-0.2, -0.15) is 12.6 Å². The zero-order valence-electron chi connectivity index (χ0n) is 12.1. The molecule has 0 aromatic carbocycles. The Hall–Kier alpha value is -1.23. The van der Waals surface area contributed by atoms with Gasteiger partial charge in [-0.25, -0.2) is 4.98 Å². The molecule has 1 saturated carbocycles. The maximum absolute atomic E-state index is 12.1. The van der Waals surface area contributed by atoms with Gasteiger partial charge in [0.05, 0.1) is 6.10 Å². The number of carbonyl (C=O) groups is 1. The van der Waals surface area contributed by atoms with Crippen molar-refractivity contribution in [3.8, 4) is 5.88 Å². The molecule has 0 spiro atoms. The number of rotatable bonds is 7. The average molecular weight is 294 g/mol. The SMILES string of the molecule is CC(C)Oc1cc(CN(C(=O)CCS)C2CC2)ccn1. The van der Waals surface area contributed by atoms with E-state index in [9.17, 15) is 4.79 Å². The molecule has 1 amide bonds. The summed E-state index contributed by atoms with van der Waals surface area (Å²) in [7, 11) is 0. The fourth-order valence-electron chi connectivity index (χ4n) is 2.10. The van der Waals surface area contributed by atoms with Gasteiger partial charge in [0.15, 0.2) is 0 Å². The van der Waals surface area contributed by atoms with Gasteiger partial charge >= 0.3 is 0 Å². The molecular weight excluding hydrogens is 272 g/mol. The highest BCUT2D eigenvalue weighted by molar-refractivity contribution is 7.80. The molecule has 0 unspecified atom stereocenters. The van der Waals surface area contributed by atoms with Crippen LogP contribution in [0.3, 0.4) is 0 Å². The first kappa shape index (κ1) is 15.2. The van der Waals surface area contributed by atoms with Gasteiger partial charge in [0.1, 0.15) is 0 Å². The predicted molar refractivity (Wildman–Crippen MR) is 82.0 cm³/mol. The number of aromatic nitrogens is 1. The van der Waals surface area contributed by atoms with E-state index in [1.165, 1.54) is 0 Å². The highest BCUT2D eigenvalue weighted by Gasteiger charge is 2.32. The lowest BCUT2D eigenvalue weighted by Gasteiger charge is -2.22. The Morgan fingerprint density at radius 1 is 1.55 bits per heavy atom. The molecule has 1 fully saturated rings. The van der Waals surface area contributed by atoms with Gasteiger partial charge in [-0.3, -0.25) is 4.79 Å². The molecule has 1 aromatic rings. The van der Waals surface area contributed by atoms with Gasteiger partial charge in [-0.15, -0.1) is 0 Å². The van der Waals surface area contributed by atoms with E-state index in [-0.39, 0.29) is 12.0 Å². The van der Waals surface area contributed by atoms with Crippen LogP contribution < -0.4 is 4.74 Å². The van der Waals surface area contributed by atoms with E-state index in [4.69, 9.17) is 4.74 Å². The van der Waals surface area contributed by atoms with Crippen LogP contribution in [0.4, 0.5) is 0 Å². The first-order valence-electron chi connectivity index (χ1n) is 7.12. The molecule has 1 heterocycles. The molecule has 110 valence electrons. The van der Waals surface area contributed by atoms with Crippen LogP contribution in [-0.4, -0.2) is 33.7 Å². The normalized spacial score (nSPS) is 14.4. The molecule has 1 aliphatic rings. The minimum Gasteiger partial charge on any atom is -0.475 e. The van der Waals surface area contributed by atoms with Crippen LogP contribution in [0.5, 0.6) is 5.88 Å². The second-order valence-corrected chi connectivity index (χ2v) is 5.84. The second-order valence-electron chi connectivity index (χ2n) is 5.40. The molecule has 0 N–H and O–H groups in total. The van der Waals surface area contributed by atoms with E-state index in [0.717, 1.165) is 18.4 Å². The molecule has 0 atom stereocenters. The van der Waals surface area contributed by atoms with Crippen LogP contribution in [0.25, 0.3) is 0 Å². The fraction of sp³-hybridized carbons (Fsp3) is 0.600. The molecule has 0 aliphatic heterocycles. The summed E-state index contributed by atoms with van der Waals surface area (Å²) in [6.45, 7) is 4.58. The van der Waals surface area contributed by atoms with Gasteiger partial charge in [-0.05, 0) is 44.1 Å². The van der Waals surface area contributed by atoms with E-state index in [2.05, 4.69) is 17.6 Å². The molecule has 4 nitrogen and oxygen atoms in total. The first-order valence-corrected chi connectivity index (χ1v) is 7.75. The molecule has 1 aromatic heterocycles. The summed E-state index contributed by atoms with van der Waals surface area (Å²) in [6, 6.07) is 4.27. The van der Waals surface area contributed by atoms with Gasteiger partial charge in [0, 0.05) is 31.3 Å². The molecule has 20 heavy (non-hydrogen) atoms. The number of ether oxygens (including phenoxy) is 1. The third kappa shape index (κ3) is 4.40. The number of amides is 1. The highest BCUT2D eigenvalue weighted by atomic mass is 32.1. The lowest BCUT2D eigenvalue weighted by Crippen LogP contribution is -2.32. The topological polar surface area (TPSA) is 42.4 Å². The Morgan fingerprint density at radius 3 is 2.90 bits per heavy atom. The number of carbonyl (C=O) groups excluding carboxylic acids is 1. The fourth-order valence-corrected chi connectivity index (χ4v) is 2.29. The summed E-state index contributed by atoms with van der Waals surface area (Å²) in [5.74, 6) is 1.40. The van der Waals surface area contributed by atoms with E-state index in [1.54, 1.807) is 6.20 Å². The first-order chi connectivity index (χ1) is 9.60. The zero-order valence-corrected chi connectivity index (χ0v) is 13.0. The van der Waals surface area contributed by atoms with Crippen LogP contribution in [0, 0.1) is 0 Å². The number of pyridine rings is 1. The van der Waals surface area contributed by atoms with Crippen molar-refractivity contribution in [2.45, 2.75) is 51.8 Å². The van der Waals surface area contributed by atoms with Crippen molar-refractivity contribution in [2.75, 3.05) is 5.75 Å². The number of thiol groups is 1. The molecular formula is C15H22N2O2S. The highest BCUT2D eigenvalue weighted by Crippen LogP contribution is 2.29. The Balaban J connectivity index is 2.04. The Bertz CT molecular complexity index is 461. The van der Waals surface area contributed by atoms with Crippen molar-refractivity contribution in [1.29, 1.82) is 0 Å². The average Bonchev–Trinajstić information content (AvgIpc) is 3.20. The zero-order chi connectivity index (χ0) is 14.5. The number of hydrogen-bond donors (Lipinski definition) is 1. The number of nitrogens with zero attached hydrogens (tertiary/aromatic N) is 2. The van der Waals surface area contributed by atoms with Crippen molar-refractivity contribution in [1.82, 2.24) is 9.88 Å². The maximum Gasteiger partial charge on any atom is 0.223 e. The lowest BCUT2D eigenvalue weighted by molar-refractivity contribution is -0.131. The smallest absolute Gasteiger partial charge is 0.223 e. The maximum atomic E-state index is 12.1. The van der Waals surface area contributed by atoms with Crippen LogP contribution in [0.15, 0.2) is 18.3 Å². The largest absolute Gasteiger partial charge is 0.475 e. The van der Waals surface area contributed by atoms with E-state index >= 15 is 0 Å². The Labute approximate surface area is 125 Å². The van der Waals surface area contributed by atoms with Crippen LogP contribution >= 0.6 is 12.6 Å². The van der Waals surface area contributed by atoms with Gasteiger partial charge < -0.3 is 9.64 Å². The summed E-state index contributed by atoms with van der Waals surface area (Å²) in [5, 5.41) is 0. The van der Waals surface area contributed by atoms with Crippen molar-refractivity contribution in [2.24, 2.45) is 0 Å². The van der Waals surface area contributed by atoms with Gasteiger partial charge in [0.25, 0.3) is 0 Å². The van der Waals surface area contributed by atoms with E-state index in [0.29, 0.717) is 30.6 Å². The second kappa shape index (κ2) is 6.97. The summed E-state index contributed by atoms with van der Waals surface area (Å²) >= 11 is 4.15. The molecule has 0 bridgehead atoms. The van der Waals surface area contributed by atoms with Crippen LogP contribution in [0.2, 0.25) is 0 Å². The summed E-state index contributed by atoms with van der Waals surface area (Å²) < 4.78 is 5.59. The van der Waals surface area contributed by atoms with E-state index in [1.807, 2.05) is 30.9 Å². The van der Waals surface area contributed by atoms with Crippen LogP contribution in [-0.2, 0) is 11.3 Å². The molecule has 1 aliphatic carbocycles. The summed E-state index contributed by atoms with van der Waals surface area (Å²) in [5.41, 5.74) is 1.06. The third-order valence-electron chi connectivity index (χ3n) is 3.14. The minimum atomic E-state index is 0.100. The van der Waals surface area contributed by atoms with Crippen molar-refractivity contribution in [3.05, 3.63) is 23.9 Å². The summed E-state index contributed by atoms with van der Waals surface area (Å²) in [6.07, 6.45) is 4.56. The van der Waals surface area contributed by atoms with Crippen molar-refractivity contribution < 1.29 is 9.53 Å². The van der Waals surface area contributed by atoms with Gasteiger partial charge in [-0.1, -0.05) is 0 Å². The number of hydrogen-bond acceptors (Lipinski definition) is 4. The Morgan fingerprint density at radius 2 is 2.30 bits per heavy atom. The Kier molecular flexibility index (Phi) is 5.29. The quantitative estimate of drug-likeness (QED) is 0.786. The van der Waals surface area contributed by atoms with E-state index < -0.39 is 0 Å². The predicted octanol–water partition coefficient (Wildman–Crippen LogP) is 2.68. The van der Waals surface area contributed by atoms with Crippen molar-refractivity contribution in [3.63, 3.8) is 0 Å². The minimum absolute atomic E-state index is 0.100. The summed E-state index contributed by atoms with van der Waals surface area (Å²) in [4.78, 5) is 18.3. The molecule has 0 radical (unpaired) electrons. The lowest BCUT2D eigenvalue weighted by atomic mass is 10.2. The van der Waals surface area contributed by atoms with Crippen LogP contribution in [0.1, 0.15) is 38.7 Å². The molecule has 0 saturated heterocycles.